The fourth-order valence-electron chi connectivity index (χ4n) is 6.03. The number of amides is 1. The minimum Gasteiger partial charge on any atom is -0.383 e. The van der Waals surface area contributed by atoms with Gasteiger partial charge in [0.25, 0.3) is 0 Å². The summed E-state index contributed by atoms with van der Waals surface area (Å²) in [6.45, 7) is 7.88. The highest BCUT2D eigenvalue weighted by Gasteiger charge is 2.42. The molecule has 6 rings (SSSR count). The standard InChI is InChI=1S/C28H29FN4O4S/c1-4-23(34)31-10-19-13-37-14-20(11-31)32(19)27-22-9-16(2)24(17-5-7-18(29)8-6-17)26-25(22)33(28(35)30-27)21(12-36-3)15-38-26/h4-9,19-21H,1,10-15H2,2-3H3/t19?,20?,21-/m0/s1. The molecule has 2 aromatic carbocycles. The molecule has 1 amide bonds. The van der Waals surface area contributed by atoms with Gasteiger partial charge in [0.05, 0.1) is 43.5 Å². The molecule has 3 aliphatic heterocycles. The number of fused-ring (bicyclic) bond motifs is 2. The maximum Gasteiger partial charge on any atom is 0.350 e. The van der Waals surface area contributed by atoms with Gasteiger partial charge in [-0.25, -0.2) is 9.18 Å². The molecule has 4 heterocycles. The lowest BCUT2D eigenvalue weighted by atomic mass is 9.96. The topological polar surface area (TPSA) is 76.9 Å². The number of hydrogen-bond acceptors (Lipinski definition) is 7. The molecular formula is C28H29FN4O4S. The van der Waals surface area contributed by atoms with Crippen LogP contribution in [0.4, 0.5) is 10.2 Å². The van der Waals surface area contributed by atoms with Crippen molar-refractivity contribution in [1.29, 1.82) is 0 Å². The summed E-state index contributed by atoms with van der Waals surface area (Å²) >= 11 is 1.69. The monoisotopic (exact) mass is 536 g/mol. The largest absolute Gasteiger partial charge is 0.383 e. The van der Waals surface area contributed by atoms with Gasteiger partial charge in [-0.05, 0) is 42.3 Å². The third-order valence-electron chi connectivity index (χ3n) is 7.62. The molecule has 10 heteroatoms. The van der Waals surface area contributed by atoms with Crippen LogP contribution >= 0.6 is 11.8 Å². The van der Waals surface area contributed by atoms with Crippen LogP contribution in [0.2, 0.25) is 0 Å². The molecule has 3 aliphatic rings. The molecular weight excluding hydrogens is 507 g/mol. The predicted molar refractivity (Wildman–Crippen MR) is 145 cm³/mol. The highest BCUT2D eigenvalue weighted by Crippen LogP contribution is 2.46. The van der Waals surface area contributed by atoms with Gasteiger partial charge in [-0.2, -0.15) is 4.98 Å². The maximum atomic E-state index is 13.8. The van der Waals surface area contributed by atoms with Crippen LogP contribution in [0.25, 0.3) is 22.0 Å². The van der Waals surface area contributed by atoms with Crippen LogP contribution in [0.3, 0.4) is 0 Å². The smallest absolute Gasteiger partial charge is 0.350 e. The number of hydrogen-bond donors (Lipinski definition) is 0. The van der Waals surface area contributed by atoms with Gasteiger partial charge in [-0.3, -0.25) is 9.36 Å². The summed E-state index contributed by atoms with van der Waals surface area (Å²) in [4.78, 5) is 35.8. The Hall–Kier alpha value is -3.21. The minimum atomic E-state index is -0.325. The van der Waals surface area contributed by atoms with Gasteiger partial charge in [-0.15, -0.1) is 11.8 Å². The fraction of sp³-hybridized carbons (Fsp3) is 0.393. The highest BCUT2D eigenvalue weighted by molar-refractivity contribution is 7.99. The molecule has 1 aromatic heterocycles. The first-order valence-electron chi connectivity index (χ1n) is 12.7. The molecule has 2 bridgehead atoms. The number of methoxy groups -OCH3 is 1. The van der Waals surface area contributed by atoms with Crippen LogP contribution in [-0.4, -0.2) is 78.2 Å². The number of benzene rings is 2. The number of thioether (sulfide) groups is 1. The van der Waals surface area contributed by atoms with E-state index >= 15 is 0 Å². The van der Waals surface area contributed by atoms with Gasteiger partial charge < -0.3 is 19.3 Å². The second-order valence-corrected chi connectivity index (χ2v) is 11.0. The lowest BCUT2D eigenvalue weighted by Gasteiger charge is -2.50. The van der Waals surface area contributed by atoms with Crippen LogP contribution in [0.1, 0.15) is 11.6 Å². The Morgan fingerprint density at radius 2 is 1.97 bits per heavy atom. The van der Waals surface area contributed by atoms with Crippen molar-refractivity contribution in [3.8, 4) is 11.1 Å². The van der Waals surface area contributed by atoms with E-state index in [2.05, 4.69) is 22.5 Å². The molecule has 3 aromatic rings. The van der Waals surface area contributed by atoms with Crippen molar-refractivity contribution in [3.05, 3.63) is 64.9 Å². The van der Waals surface area contributed by atoms with Crippen LogP contribution in [0, 0.1) is 12.7 Å². The first kappa shape index (κ1) is 25.1. The summed E-state index contributed by atoms with van der Waals surface area (Å²) < 4.78 is 26.9. The zero-order valence-electron chi connectivity index (χ0n) is 21.4. The molecule has 2 unspecified atom stereocenters. The maximum absolute atomic E-state index is 13.8. The Kier molecular flexibility index (Phi) is 6.49. The Bertz CT molecular complexity index is 1480. The number of aromatic nitrogens is 2. The lowest BCUT2D eigenvalue weighted by Crippen LogP contribution is -2.66. The van der Waals surface area contributed by atoms with E-state index in [1.165, 1.54) is 18.2 Å². The molecule has 0 spiro atoms. The van der Waals surface area contributed by atoms with E-state index < -0.39 is 0 Å². The molecule has 0 aliphatic carbocycles. The number of anilines is 1. The number of aryl methyl sites for hydroxylation is 1. The van der Waals surface area contributed by atoms with Crippen LogP contribution in [0.15, 0.2) is 52.7 Å². The Morgan fingerprint density at radius 3 is 2.63 bits per heavy atom. The Labute approximate surface area is 224 Å². The van der Waals surface area contributed by atoms with Crippen LogP contribution < -0.4 is 10.6 Å². The van der Waals surface area contributed by atoms with Crippen molar-refractivity contribution in [1.82, 2.24) is 14.5 Å². The van der Waals surface area contributed by atoms with E-state index in [-0.39, 0.29) is 35.5 Å². The number of nitrogens with zero attached hydrogens (tertiary/aromatic N) is 4. The molecule has 0 saturated carbocycles. The van der Waals surface area contributed by atoms with Crippen molar-refractivity contribution in [2.24, 2.45) is 0 Å². The van der Waals surface area contributed by atoms with Gasteiger partial charge in [-0.1, -0.05) is 18.7 Å². The SMILES string of the molecule is C=CC(=O)N1CC2COCC(C1)N2c1nc(=O)n2c3c(c(-c4ccc(F)cc4)c(C)cc13)SC[C@@H]2COC. The summed E-state index contributed by atoms with van der Waals surface area (Å²) in [5, 5.41) is 0.886. The van der Waals surface area contributed by atoms with E-state index in [0.29, 0.717) is 44.5 Å². The van der Waals surface area contributed by atoms with Crippen molar-refractivity contribution in [3.63, 3.8) is 0 Å². The van der Waals surface area contributed by atoms with Gasteiger partial charge in [0.1, 0.15) is 11.6 Å². The molecule has 2 saturated heterocycles. The first-order chi connectivity index (χ1) is 18.4. The summed E-state index contributed by atoms with van der Waals surface area (Å²) in [6, 6.07) is 8.14. The lowest BCUT2D eigenvalue weighted by molar-refractivity contribution is -0.129. The molecule has 0 N–H and O–H groups in total. The highest BCUT2D eigenvalue weighted by atomic mass is 32.2. The van der Waals surface area contributed by atoms with E-state index in [9.17, 15) is 14.0 Å². The fourth-order valence-corrected chi connectivity index (χ4v) is 7.40. The zero-order chi connectivity index (χ0) is 26.6. The number of carbonyl (C=O) groups is 1. The zero-order valence-corrected chi connectivity index (χ0v) is 22.2. The predicted octanol–water partition coefficient (Wildman–Crippen LogP) is 3.41. The molecule has 3 atom stereocenters. The van der Waals surface area contributed by atoms with Gasteiger partial charge in [0, 0.05) is 41.8 Å². The molecule has 0 radical (unpaired) electrons. The molecule has 38 heavy (non-hydrogen) atoms. The van der Waals surface area contributed by atoms with Crippen LogP contribution in [-0.2, 0) is 14.3 Å². The molecule has 198 valence electrons. The summed E-state index contributed by atoms with van der Waals surface area (Å²) in [6.07, 6.45) is 1.34. The average Bonchev–Trinajstić information content (AvgIpc) is 2.90. The Balaban J connectivity index is 1.58. The minimum absolute atomic E-state index is 0.106. The van der Waals surface area contributed by atoms with E-state index in [1.54, 1.807) is 40.5 Å². The Morgan fingerprint density at radius 1 is 1.26 bits per heavy atom. The number of piperazine rings is 1. The van der Waals surface area contributed by atoms with Gasteiger partial charge in [0.15, 0.2) is 0 Å². The average molecular weight is 537 g/mol. The second-order valence-electron chi connectivity index (χ2n) is 10.0. The summed E-state index contributed by atoms with van der Waals surface area (Å²) in [5.41, 5.74) is 3.42. The van der Waals surface area contributed by atoms with Crippen LogP contribution in [0.5, 0.6) is 0 Å². The molecule has 8 nitrogen and oxygen atoms in total. The second kappa shape index (κ2) is 9.83. The number of morpholine rings is 1. The van der Waals surface area contributed by atoms with Crippen molar-refractivity contribution >= 4 is 34.4 Å². The van der Waals surface area contributed by atoms with Crippen molar-refractivity contribution in [2.45, 2.75) is 29.9 Å². The quantitative estimate of drug-likeness (QED) is 0.463. The van der Waals surface area contributed by atoms with Crippen molar-refractivity contribution in [2.75, 3.05) is 50.7 Å². The third-order valence-corrected chi connectivity index (χ3v) is 8.86. The normalized spacial score (nSPS) is 22.6. The number of halogens is 1. The summed E-state index contributed by atoms with van der Waals surface area (Å²) in [7, 11) is 1.63. The van der Waals surface area contributed by atoms with Gasteiger partial charge >= 0.3 is 5.69 Å². The summed E-state index contributed by atoms with van der Waals surface area (Å²) in [5.74, 6) is 0.888. The number of rotatable bonds is 5. The first-order valence-corrected chi connectivity index (χ1v) is 13.6. The van der Waals surface area contributed by atoms with E-state index in [0.717, 1.165) is 32.5 Å². The van der Waals surface area contributed by atoms with Gasteiger partial charge in [0.2, 0.25) is 5.91 Å². The van der Waals surface area contributed by atoms with E-state index in [1.807, 2.05) is 6.92 Å². The molecule has 2 fully saturated rings. The van der Waals surface area contributed by atoms with Crippen molar-refractivity contribution < 1.29 is 18.7 Å². The number of carbonyl (C=O) groups excluding carboxylic acids is 1. The number of ether oxygens (including phenoxy) is 2. The third kappa shape index (κ3) is 4.02. The van der Waals surface area contributed by atoms with E-state index in [4.69, 9.17) is 9.47 Å².